The number of hydrogen-bond donors (Lipinski definition) is 1. The molecule has 2 heterocycles. The minimum absolute atomic E-state index is 0.108. The molecule has 1 aliphatic heterocycles. The van der Waals surface area contributed by atoms with Gasteiger partial charge in [0.15, 0.2) is 0 Å². The average Bonchev–Trinajstić information content (AvgIpc) is 2.39. The van der Waals surface area contributed by atoms with Crippen molar-refractivity contribution in [2.45, 2.75) is 6.18 Å². The first-order valence-electron chi connectivity index (χ1n) is 6.13. The zero-order valence-electron chi connectivity index (χ0n) is 10.4. The lowest BCUT2D eigenvalue weighted by Crippen LogP contribution is -2.39. The highest BCUT2D eigenvalue weighted by Gasteiger charge is 2.33. The minimum atomic E-state index is -4.38. The van der Waals surface area contributed by atoms with Crippen molar-refractivity contribution in [2.24, 2.45) is 0 Å². The lowest BCUT2D eigenvalue weighted by atomic mass is 10.2. The van der Waals surface area contributed by atoms with Gasteiger partial charge in [0, 0.05) is 32.4 Å². The standard InChI is InChI=1S/C12H16F3N3O/c13-12(14,15)10-2-1-3-16-11(10)17-4-5-18-6-8-19-9-7-18/h1-3H,4-9H2,(H,16,17). The molecule has 0 unspecified atom stereocenters. The summed E-state index contributed by atoms with van der Waals surface area (Å²) in [7, 11) is 0. The molecule has 1 saturated heterocycles. The van der Waals surface area contributed by atoms with Crippen molar-refractivity contribution in [3.8, 4) is 0 Å². The van der Waals surface area contributed by atoms with Crippen LogP contribution in [0.3, 0.4) is 0 Å². The van der Waals surface area contributed by atoms with Gasteiger partial charge in [0.2, 0.25) is 0 Å². The fourth-order valence-electron chi connectivity index (χ4n) is 1.93. The number of halogens is 3. The van der Waals surface area contributed by atoms with Crippen molar-refractivity contribution < 1.29 is 17.9 Å². The van der Waals surface area contributed by atoms with Crippen molar-refractivity contribution >= 4 is 5.82 Å². The van der Waals surface area contributed by atoms with Crippen molar-refractivity contribution in [3.05, 3.63) is 23.9 Å². The number of ether oxygens (including phenoxy) is 1. The van der Waals surface area contributed by atoms with Gasteiger partial charge in [-0.15, -0.1) is 0 Å². The van der Waals surface area contributed by atoms with Gasteiger partial charge in [0.05, 0.1) is 18.8 Å². The van der Waals surface area contributed by atoms with E-state index in [2.05, 4.69) is 15.2 Å². The summed E-state index contributed by atoms with van der Waals surface area (Å²) in [6.45, 7) is 4.10. The smallest absolute Gasteiger partial charge is 0.379 e. The molecular weight excluding hydrogens is 259 g/mol. The quantitative estimate of drug-likeness (QED) is 0.910. The molecule has 1 aromatic rings. The SMILES string of the molecule is FC(F)(F)c1cccnc1NCCN1CCOCC1. The van der Waals surface area contributed by atoms with Gasteiger partial charge < -0.3 is 10.1 Å². The molecule has 1 aromatic heterocycles. The van der Waals surface area contributed by atoms with Crippen molar-refractivity contribution in [1.82, 2.24) is 9.88 Å². The molecule has 106 valence electrons. The third-order valence-corrected chi connectivity index (χ3v) is 2.94. The Morgan fingerprint density at radius 1 is 1.32 bits per heavy atom. The Balaban J connectivity index is 1.88. The molecule has 1 fully saturated rings. The molecule has 0 amide bonds. The third-order valence-electron chi connectivity index (χ3n) is 2.94. The first kappa shape index (κ1) is 14.1. The number of rotatable bonds is 4. The fraction of sp³-hybridized carbons (Fsp3) is 0.583. The topological polar surface area (TPSA) is 37.4 Å². The number of pyridine rings is 1. The minimum Gasteiger partial charge on any atom is -0.379 e. The van der Waals surface area contributed by atoms with E-state index in [1.54, 1.807) is 0 Å². The van der Waals surface area contributed by atoms with Crippen LogP contribution in [0.4, 0.5) is 19.0 Å². The van der Waals surface area contributed by atoms with Crippen LogP contribution in [0.2, 0.25) is 0 Å². The highest BCUT2D eigenvalue weighted by Crippen LogP contribution is 2.33. The van der Waals surface area contributed by atoms with Gasteiger partial charge in [-0.3, -0.25) is 4.90 Å². The third kappa shape index (κ3) is 4.07. The van der Waals surface area contributed by atoms with Crippen LogP contribution in [0.1, 0.15) is 5.56 Å². The zero-order chi connectivity index (χ0) is 13.7. The maximum absolute atomic E-state index is 12.7. The van der Waals surface area contributed by atoms with Crippen LogP contribution in [0, 0.1) is 0 Å². The highest BCUT2D eigenvalue weighted by molar-refractivity contribution is 5.45. The molecule has 0 aromatic carbocycles. The van der Waals surface area contributed by atoms with Crippen LogP contribution in [-0.4, -0.2) is 49.3 Å². The Morgan fingerprint density at radius 2 is 2.05 bits per heavy atom. The summed E-state index contributed by atoms with van der Waals surface area (Å²) >= 11 is 0. The molecule has 7 heteroatoms. The van der Waals surface area contributed by atoms with E-state index in [-0.39, 0.29) is 5.82 Å². The summed E-state index contributed by atoms with van der Waals surface area (Å²) in [6.07, 6.45) is -3.03. The number of nitrogens with zero attached hydrogens (tertiary/aromatic N) is 2. The van der Waals surface area contributed by atoms with E-state index >= 15 is 0 Å². The monoisotopic (exact) mass is 275 g/mol. The summed E-state index contributed by atoms with van der Waals surface area (Å²) in [5, 5.41) is 2.75. The normalized spacial score (nSPS) is 17.4. The Labute approximate surface area is 109 Å². The largest absolute Gasteiger partial charge is 0.419 e. The average molecular weight is 275 g/mol. The van der Waals surface area contributed by atoms with Crippen LogP contribution in [0.25, 0.3) is 0 Å². The van der Waals surface area contributed by atoms with E-state index in [9.17, 15) is 13.2 Å². The van der Waals surface area contributed by atoms with E-state index in [0.29, 0.717) is 26.3 Å². The Kier molecular flexibility index (Phi) is 4.60. The Bertz CT molecular complexity index is 405. The Morgan fingerprint density at radius 3 is 2.74 bits per heavy atom. The van der Waals surface area contributed by atoms with Gasteiger partial charge in [0.1, 0.15) is 5.82 Å². The van der Waals surface area contributed by atoms with Crippen LogP contribution >= 0.6 is 0 Å². The maximum atomic E-state index is 12.7. The summed E-state index contributed by atoms with van der Waals surface area (Å²) in [5.41, 5.74) is -0.725. The summed E-state index contributed by atoms with van der Waals surface area (Å²) in [4.78, 5) is 5.90. The van der Waals surface area contributed by atoms with E-state index in [1.807, 2.05) is 0 Å². The number of alkyl halides is 3. The molecule has 0 aliphatic carbocycles. The molecule has 0 radical (unpaired) electrons. The predicted molar refractivity (Wildman–Crippen MR) is 65.0 cm³/mol. The van der Waals surface area contributed by atoms with Crippen molar-refractivity contribution in [3.63, 3.8) is 0 Å². The molecule has 4 nitrogen and oxygen atoms in total. The van der Waals surface area contributed by atoms with Crippen LogP contribution in [-0.2, 0) is 10.9 Å². The van der Waals surface area contributed by atoms with Gasteiger partial charge in [0.25, 0.3) is 0 Å². The van der Waals surface area contributed by atoms with E-state index in [4.69, 9.17) is 4.74 Å². The van der Waals surface area contributed by atoms with Gasteiger partial charge in [-0.1, -0.05) is 0 Å². The Hall–Kier alpha value is -1.34. The molecule has 0 atom stereocenters. The summed E-state index contributed by atoms with van der Waals surface area (Å²) < 4.78 is 43.4. The summed E-state index contributed by atoms with van der Waals surface area (Å²) in [5.74, 6) is -0.108. The van der Waals surface area contributed by atoms with E-state index in [1.165, 1.54) is 12.3 Å². The molecule has 19 heavy (non-hydrogen) atoms. The number of nitrogens with one attached hydrogen (secondary N) is 1. The van der Waals surface area contributed by atoms with Crippen LogP contribution < -0.4 is 5.32 Å². The molecule has 0 bridgehead atoms. The fourth-order valence-corrected chi connectivity index (χ4v) is 1.93. The van der Waals surface area contributed by atoms with Crippen LogP contribution in [0.15, 0.2) is 18.3 Å². The number of morpholine rings is 1. The van der Waals surface area contributed by atoms with Gasteiger partial charge in [-0.2, -0.15) is 13.2 Å². The maximum Gasteiger partial charge on any atom is 0.419 e. The molecule has 1 aliphatic rings. The van der Waals surface area contributed by atoms with Crippen LogP contribution in [0.5, 0.6) is 0 Å². The second-order valence-electron chi connectivity index (χ2n) is 4.28. The lowest BCUT2D eigenvalue weighted by molar-refractivity contribution is -0.137. The second-order valence-corrected chi connectivity index (χ2v) is 4.28. The second kappa shape index (κ2) is 6.21. The molecule has 0 saturated carbocycles. The predicted octanol–water partition coefficient (Wildman–Crippen LogP) is 1.84. The first-order valence-corrected chi connectivity index (χ1v) is 6.13. The van der Waals surface area contributed by atoms with Gasteiger partial charge in [-0.05, 0) is 12.1 Å². The molecular formula is C12H16F3N3O. The molecule has 2 rings (SSSR count). The first-order chi connectivity index (χ1) is 9.07. The number of hydrogen-bond acceptors (Lipinski definition) is 4. The van der Waals surface area contributed by atoms with Gasteiger partial charge in [-0.25, -0.2) is 4.98 Å². The molecule has 1 N–H and O–H groups in total. The zero-order valence-corrected chi connectivity index (χ0v) is 10.4. The van der Waals surface area contributed by atoms with Gasteiger partial charge >= 0.3 is 6.18 Å². The highest BCUT2D eigenvalue weighted by atomic mass is 19.4. The lowest BCUT2D eigenvalue weighted by Gasteiger charge is -2.26. The number of anilines is 1. The number of aromatic nitrogens is 1. The van der Waals surface area contributed by atoms with Crippen molar-refractivity contribution in [2.75, 3.05) is 44.7 Å². The van der Waals surface area contributed by atoms with Crippen molar-refractivity contribution in [1.29, 1.82) is 0 Å². The van der Waals surface area contributed by atoms with E-state index in [0.717, 1.165) is 19.2 Å². The van der Waals surface area contributed by atoms with E-state index < -0.39 is 11.7 Å². The molecule has 0 spiro atoms. The summed E-state index contributed by atoms with van der Waals surface area (Å²) in [6, 6.07) is 2.32.